The lowest BCUT2D eigenvalue weighted by atomic mass is 10.0. The Hall–Kier alpha value is -1.81. The van der Waals surface area contributed by atoms with Crippen LogP contribution in [0.15, 0.2) is 30.6 Å². The molecule has 4 nitrogen and oxygen atoms in total. The highest BCUT2D eigenvalue weighted by molar-refractivity contribution is 5.70. The number of benzene rings is 1. The Morgan fingerprint density at radius 3 is 2.78 bits per heavy atom. The molecule has 1 heterocycles. The average Bonchev–Trinajstić information content (AvgIpc) is 2.76. The van der Waals surface area contributed by atoms with Crippen molar-refractivity contribution in [3.63, 3.8) is 0 Å². The Kier molecular flexibility index (Phi) is 3.67. The second-order valence-corrected chi connectivity index (χ2v) is 4.38. The van der Waals surface area contributed by atoms with Crippen molar-refractivity contribution in [1.29, 1.82) is 0 Å². The van der Waals surface area contributed by atoms with Gasteiger partial charge in [-0.2, -0.15) is 5.10 Å². The molecule has 0 saturated heterocycles. The summed E-state index contributed by atoms with van der Waals surface area (Å²) in [5.74, 6) is 0.870. The van der Waals surface area contributed by atoms with Crippen molar-refractivity contribution in [2.45, 2.75) is 19.9 Å². The molecule has 18 heavy (non-hydrogen) atoms. The van der Waals surface area contributed by atoms with Gasteiger partial charge in [-0.15, -0.1) is 0 Å². The SMILES string of the molecule is CCOc1ccc([C@@H](C)N)cc1-c1cnn(C)c1. The highest BCUT2D eigenvalue weighted by Gasteiger charge is 2.10. The molecule has 0 unspecified atom stereocenters. The van der Waals surface area contributed by atoms with Gasteiger partial charge in [-0.3, -0.25) is 4.68 Å². The number of rotatable bonds is 4. The van der Waals surface area contributed by atoms with Crippen LogP contribution in [0, 0.1) is 0 Å². The van der Waals surface area contributed by atoms with Gasteiger partial charge < -0.3 is 10.5 Å². The zero-order chi connectivity index (χ0) is 13.1. The van der Waals surface area contributed by atoms with Crippen LogP contribution in [0.3, 0.4) is 0 Å². The van der Waals surface area contributed by atoms with E-state index in [-0.39, 0.29) is 6.04 Å². The molecule has 2 rings (SSSR count). The third-order valence-corrected chi connectivity index (χ3v) is 2.85. The molecule has 4 heteroatoms. The van der Waals surface area contributed by atoms with Gasteiger partial charge in [0.05, 0.1) is 12.8 Å². The van der Waals surface area contributed by atoms with Gasteiger partial charge >= 0.3 is 0 Å². The van der Waals surface area contributed by atoms with Gasteiger partial charge in [0.2, 0.25) is 0 Å². The Bertz CT molecular complexity index is 532. The van der Waals surface area contributed by atoms with Crippen LogP contribution in [-0.4, -0.2) is 16.4 Å². The van der Waals surface area contributed by atoms with Crippen LogP contribution in [0.5, 0.6) is 5.75 Å². The zero-order valence-electron chi connectivity index (χ0n) is 11.1. The van der Waals surface area contributed by atoms with Gasteiger partial charge in [-0.05, 0) is 31.5 Å². The van der Waals surface area contributed by atoms with E-state index in [0.29, 0.717) is 6.61 Å². The predicted molar refractivity (Wildman–Crippen MR) is 72.4 cm³/mol. The monoisotopic (exact) mass is 245 g/mol. The molecular weight excluding hydrogens is 226 g/mol. The van der Waals surface area contributed by atoms with E-state index in [2.05, 4.69) is 11.2 Å². The van der Waals surface area contributed by atoms with Gasteiger partial charge in [-0.1, -0.05) is 6.07 Å². The standard InChI is InChI=1S/C14H19N3O/c1-4-18-14-6-5-11(10(2)15)7-13(14)12-8-16-17(3)9-12/h5-10H,4,15H2,1-3H3/t10-/m1/s1. The van der Waals surface area contributed by atoms with E-state index in [1.54, 1.807) is 4.68 Å². The molecule has 2 N–H and O–H groups in total. The predicted octanol–water partition coefficient (Wildman–Crippen LogP) is 2.51. The first-order valence-electron chi connectivity index (χ1n) is 6.13. The molecule has 1 aromatic carbocycles. The number of nitrogens with zero attached hydrogens (tertiary/aromatic N) is 2. The van der Waals surface area contributed by atoms with Crippen LogP contribution >= 0.6 is 0 Å². The van der Waals surface area contributed by atoms with Crippen molar-refractivity contribution in [3.8, 4) is 16.9 Å². The van der Waals surface area contributed by atoms with Crippen molar-refractivity contribution >= 4 is 0 Å². The largest absolute Gasteiger partial charge is 0.493 e. The molecule has 0 fully saturated rings. The minimum atomic E-state index is 0.0103. The van der Waals surface area contributed by atoms with Crippen molar-refractivity contribution < 1.29 is 4.74 Å². The minimum absolute atomic E-state index is 0.0103. The summed E-state index contributed by atoms with van der Waals surface area (Å²) in [6.07, 6.45) is 3.81. The number of ether oxygens (including phenoxy) is 1. The van der Waals surface area contributed by atoms with Gasteiger partial charge in [0.15, 0.2) is 0 Å². The Morgan fingerprint density at radius 2 is 2.22 bits per heavy atom. The molecule has 0 spiro atoms. The van der Waals surface area contributed by atoms with Gasteiger partial charge in [0.1, 0.15) is 5.75 Å². The number of aryl methyl sites for hydroxylation is 1. The average molecular weight is 245 g/mol. The van der Waals surface area contributed by atoms with E-state index in [1.807, 2.05) is 45.4 Å². The molecule has 0 radical (unpaired) electrons. The summed E-state index contributed by atoms with van der Waals surface area (Å²) in [4.78, 5) is 0. The minimum Gasteiger partial charge on any atom is -0.493 e. The lowest BCUT2D eigenvalue weighted by Gasteiger charge is -2.12. The Labute approximate surface area is 107 Å². The molecule has 0 bridgehead atoms. The fourth-order valence-electron chi connectivity index (χ4n) is 1.90. The molecule has 1 atom stereocenters. The van der Waals surface area contributed by atoms with Crippen LogP contribution < -0.4 is 10.5 Å². The normalized spacial score (nSPS) is 12.4. The van der Waals surface area contributed by atoms with E-state index >= 15 is 0 Å². The van der Waals surface area contributed by atoms with Gasteiger partial charge in [0, 0.05) is 30.4 Å². The first-order chi connectivity index (χ1) is 8.61. The maximum absolute atomic E-state index is 5.93. The van der Waals surface area contributed by atoms with Crippen LogP contribution in [0.4, 0.5) is 0 Å². The topological polar surface area (TPSA) is 53.1 Å². The molecule has 0 saturated carbocycles. The highest BCUT2D eigenvalue weighted by atomic mass is 16.5. The summed E-state index contributed by atoms with van der Waals surface area (Å²) in [7, 11) is 1.90. The first kappa shape index (κ1) is 12.6. The molecule has 1 aromatic heterocycles. The van der Waals surface area contributed by atoms with E-state index in [0.717, 1.165) is 22.4 Å². The van der Waals surface area contributed by atoms with E-state index < -0.39 is 0 Å². The fraction of sp³-hybridized carbons (Fsp3) is 0.357. The second kappa shape index (κ2) is 5.23. The number of aromatic nitrogens is 2. The van der Waals surface area contributed by atoms with Crippen molar-refractivity contribution in [2.75, 3.05) is 6.61 Å². The Morgan fingerprint density at radius 1 is 1.44 bits per heavy atom. The fourth-order valence-corrected chi connectivity index (χ4v) is 1.90. The molecular formula is C14H19N3O. The Balaban J connectivity index is 2.49. The maximum atomic E-state index is 5.93. The van der Waals surface area contributed by atoms with E-state index in [1.165, 1.54) is 0 Å². The molecule has 0 aliphatic heterocycles. The third kappa shape index (κ3) is 2.54. The molecule has 0 amide bonds. The molecule has 96 valence electrons. The van der Waals surface area contributed by atoms with E-state index in [4.69, 9.17) is 10.5 Å². The van der Waals surface area contributed by atoms with Crippen molar-refractivity contribution in [3.05, 3.63) is 36.2 Å². The molecule has 0 aliphatic carbocycles. The zero-order valence-corrected chi connectivity index (χ0v) is 11.1. The summed E-state index contributed by atoms with van der Waals surface area (Å²) in [6.45, 7) is 4.60. The van der Waals surface area contributed by atoms with Crippen LogP contribution in [0.1, 0.15) is 25.5 Å². The summed E-state index contributed by atoms with van der Waals surface area (Å²) >= 11 is 0. The van der Waals surface area contributed by atoms with Gasteiger partial charge in [-0.25, -0.2) is 0 Å². The summed E-state index contributed by atoms with van der Waals surface area (Å²) in [5, 5.41) is 4.20. The summed E-state index contributed by atoms with van der Waals surface area (Å²) in [6, 6.07) is 6.07. The smallest absolute Gasteiger partial charge is 0.127 e. The van der Waals surface area contributed by atoms with Crippen molar-refractivity contribution in [2.24, 2.45) is 12.8 Å². The second-order valence-electron chi connectivity index (χ2n) is 4.38. The lowest BCUT2D eigenvalue weighted by molar-refractivity contribution is 0.341. The number of hydrogen-bond donors (Lipinski definition) is 1. The van der Waals surface area contributed by atoms with Crippen LogP contribution in [-0.2, 0) is 7.05 Å². The first-order valence-corrected chi connectivity index (χ1v) is 6.13. The quantitative estimate of drug-likeness (QED) is 0.900. The molecule has 2 aromatic rings. The lowest BCUT2D eigenvalue weighted by Crippen LogP contribution is -2.05. The van der Waals surface area contributed by atoms with E-state index in [9.17, 15) is 0 Å². The van der Waals surface area contributed by atoms with Crippen LogP contribution in [0.25, 0.3) is 11.1 Å². The van der Waals surface area contributed by atoms with Crippen LogP contribution in [0.2, 0.25) is 0 Å². The van der Waals surface area contributed by atoms with Gasteiger partial charge in [0.25, 0.3) is 0 Å². The number of nitrogens with two attached hydrogens (primary N) is 1. The maximum Gasteiger partial charge on any atom is 0.127 e. The van der Waals surface area contributed by atoms with Crippen molar-refractivity contribution in [1.82, 2.24) is 9.78 Å². The summed E-state index contributed by atoms with van der Waals surface area (Å²) < 4.78 is 7.44. The molecule has 0 aliphatic rings. The third-order valence-electron chi connectivity index (χ3n) is 2.85. The highest BCUT2D eigenvalue weighted by Crippen LogP contribution is 2.32. The summed E-state index contributed by atoms with van der Waals surface area (Å²) in [5.41, 5.74) is 9.11. The number of hydrogen-bond acceptors (Lipinski definition) is 3.